The van der Waals surface area contributed by atoms with Crippen LogP contribution >= 0.6 is 23.1 Å². The highest BCUT2D eigenvalue weighted by Gasteiger charge is 2.32. The second-order valence-electron chi connectivity index (χ2n) is 8.07. The third-order valence-electron chi connectivity index (χ3n) is 5.23. The minimum absolute atomic E-state index is 0.0266. The number of amides is 2. The summed E-state index contributed by atoms with van der Waals surface area (Å²) >= 11 is 2.67. The Bertz CT molecular complexity index is 1290. The molecule has 192 valence electrons. The van der Waals surface area contributed by atoms with E-state index in [1.807, 2.05) is 60.8 Å². The molecule has 4 rings (SSSR count). The van der Waals surface area contributed by atoms with Crippen molar-refractivity contribution >= 4 is 57.5 Å². The number of nitrogens with zero attached hydrogens (tertiary/aromatic N) is 3. The van der Waals surface area contributed by atoms with Gasteiger partial charge < -0.3 is 15.0 Å². The molecule has 0 atom stereocenters. The third kappa shape index (κ3) is 6.95. The molecule has 1 aliphatic rings. The van der Waals surface area contributed by atoms with Crippen LogP contribution in [-0.2, 0) is 16.1 Å². The van der Waals surface area contributed by atoms with Crippen LogP contribution in [0.15, 0.2) is 76.7 Å². The Morgan fingerprint density at radius 1 is 1.16 bits per heavy atom. The van der Waals surface area contributed by atoms with Crippen molar-refractivity contribution in [2.24, 2.45) is 4.99 Å². The minimum Gasteiger partial charge on any atom is -0.435 e. The minimum atomic E-state index is -2.95. The number of thioether (sulfide) groups is 1. The van der Waals surface area contributed by atoms with Crippen LogP contribution in [0.25, 0.3) is 6.08 Å². The van der Waals surface area contributed by atoms with E-state index in [4.69, 9.17) is 0 Å². The SMILES string of the molecule is CN(C)c1ccc(C=C2N=C(SCC(=O)NCc3cccs3)N(c3ccc(OC(F)F)cc3)C2=O)cc1. The Labute approximate surface area is 221 Å². The van der Waals surface area contributed by atoms with Gasteiger partial charge >= 0.3 is 6.61 Å². The van der Waals surface area contributed by atoms with Crippen LogP contribution < -0.4 is 19.9 Å². The maximum Gasteiger partial charge on any atom is 0.387 e. The summed E-state index contributed by atoms with van der Waals surface area (Å²) in [6, 6.07) is 17.2. The number of nitrogens with one attached hydrogen (secondary N) is 1. The average Bonchev–Trinajstić information content (AvgIpc) is 3.50. The molecule has 3 aromatic rings. The van der Waals surface area contributed by atoms with E-state index in [0.29, 0.717) is 17.4 Å². The first-order valence-corrected chi connectivity index (χ1v) is 13.1. The average molecular weight is 543 g/mol. The number of benzene rings is 2. The van der Waals surface area contributed by atoms with Crippen LogP contribution in [0.3, 0.4) is 0 Å². The number of aliphatic imine (C=N–C) groups is 1. The van der Waals surface area contributed by atoms with Gasteiger partial charge in [0.15, 0.2) is 5.17 Å². The first-order valence-electron chi connectivity index (χ1n) is 11.2. The summed E-state index contributed by atoms with van der Waals surface area (Å²) in [7, 11) is 3.88. The fraction of sp³-hybridized carbons (Fsp3) is 0.192. The number of carbonyl (C=O) groups is 2. The molecule has 0 aliphatic carbocycles. The van der Waals surface area contributed by atoms with Crippen LogP contribution in [0.5, 0.6) is 5.75 Å². The van der Waals surface area contributed by atoms with Gasteiger partial charge in [0.25, 0.3) is 5.91 Å². The molecule has 0 bridgehead atoms. The highest BCUT2D eigenvalue weighted by Crippen LogP contribution is 2.31. The van der Waals surface area contributed by atoms with Crippen molar-refractivity contribution in [1.82, 2.24) is 5.32 Å². The normalized spacial score (nSPS) is 14.3. The number of hydrogen-bond acceptors (Lipinski definition) is 7. The quantitative estimate of drug-likeness (QED) is 0.376. The highest BCUT2D eigenvalue weighted by molar-refractivity contribution is 8.14. The molecule has 2 amide bonds. The molecule has 11 heteroatoms. The van der Waals surface area contributed by atoms with Gasteiger partial charge in [-0.3, -0.25) is 14.5 Å². The van der Waals surface area contributed by atoms with Gasteiger partial charge in [0, 0.05) is 24.7 Å². The number of thiophene rings is 1. The molecule has 0 unspecified atom stereocenters. The van der Waals surface area contributed by atoms with Crippen LogP contribution in [-0.4, -0.2) is 43.4 Å². The van der Waals surface area contributed by atoms with E-state index in [9.17, 15) is 18.4 Å². The maximum atomic E-state index is 13.4. The fourth-order valence-electron chi connectivity index (χ4n) is 3.40. The summed E-state index contributed by atoms with van der Waals surface area (Å²) in [5, 5.41) is 5.10. The maximum absolute atomic E-state index is 13.4. The number of alkyl halides is 2. The van der Waals surface area contributed by atoms with E-state index in [0.717, 1.165) is 27.9 Å². The molecule has 0 fully saturated rings. The number of hydrogen-bond donors (Lipinski definition) is 1. The van der Waals surface area contributed by atoms with Crippen LogP contribution in [0.2, 0.25) is 0 Å². The first kappa shape index (κ1) is 26.4. The van der Waals surface area contributed by atoms with E-state index >= 15 is 0 Å². The van der Waals surface area contributed by atoms with E-state index in [-0.39, 0.29) is 29.0 Å². The van der Waals surface area contributed by atoms with Crippen molar-refractivity contribution < 1.29 is 23.1 Å². The summed E-state index contributed by atoms with van der Waals surface area (Å²) in [6.07, 6.45) is 1.67. The van der Waals surface area contributed by atoms with Crippen molar-refractivity contribution in [2.75, 3.05) is 29.6 Å². The van der Waals surface area contributed by atoms with Crippen molar-refractivity contribution in [2.45, 2.75) is 13.2 Å². The third-order valence-corrected chi connectivity index (χ3v) is 7.05. The molecule has 0 saturated heterocycles. The largest absolute Gasteiger partial charge is 0.435 e. The molecule has 0 spiro atoms. The van der Waals surface area contributed by atoms with Gasteiger partial charge in [-0.1, -0.05) is 30.0 Å². The number of anilines is 2. The van der Waals surface area contributed by atoms with Crippen molar-refractivity contribution in [3.63, 3.8) is 0 Å². The van der Waals surface area contributed by atoms with Crippen LogP contribution in [0, 0.1) is 0 Å². The summed E-state index contributed by atoms with van der Waals surface area (Å²) in [5.41, 5.74) is 2.43. The molecule has 0 radical (unpaired) electrons. The predicted molar refractivity (Wildman–Crippen MR) is 145 cm³/mol. The molecular weight excluding hydrogens is 518 g/mol. The van der Waals surface area contributed by atoms with E-state index in [1.54, 1.807) is 17.4 Å². The smallest absolute Gasteiger partial charge is 0.387 e. The summed E-state index contributed by atoms with van der Waals surface area (Å²) in [4.78, 5) is 34.7. The summed E-state index contributed by atoms with van der Waals surface area (Å²) < 4.78 is 29.5. The molecule has 0 saturated carbocycles. The first-order chi connectivity index (χ1) is 17.8. The lowest BCUT2D eigenvalue weighted by Crippen LogP contribution is -2.32. The monoisotopic (exact) mass is 542 g/mol. The summed E-state index contributed by atoms with van der Waals surface area (Å²) in [5.74, 6) is -0.571. The molecule has 37 heavy (non-hydrogen) atoms. The molecule has 2 heterocycles. The molecule has 7 nitrogen and oxygen atoms in total. The van der Waals surface area contributed by atoms with Gasteiger partial charge in [-0.2, -0.15) is 8.78 Å². The van der Waals surface area contributed by atoms with Crippen molar-refractivity contribution in [3.05, 3.63) is 82.2 Å². The molecule has 1 aromatic heterocycles. The van der Waals surface area contributed by atoms with Gasteiger partial charge in [-0.25, -0.2) is 4.99 Å². The topological polar surface area (TPSA) is 74.2 Å². The van der Waals surface area contributed by atoms with Crippen LogP contribution in [0.4, 0.5) is 20.2 Å². The van der Waals surface area contributed by atoms with Gasteiger partial charge in [0.2, 0.25) is 5.91 Å². The van der Waals surface area contributed by atoms with E-state index < -0.39 is 6.61 Å². The second kappa shape index (κ2) is 12.0. The zero-order valence-electron chi connectivity index (χ0n) is 20.1. The zero-order valence-corrected chi connectivity index (χ0v) is 21.7. The zero-order chi connectivity index (χ0) is 26.4. The lowest BCUT2D eigenvalue weighted by Gasteiger charge is -2.18. The molecular formula is C26H24F2N4O3S2. The van der Waals surface area contributed by atoms with Gasteiger partial charge in [-0.15, -0.1) is 11.3 Å². The highest BCUT2D eigenvalue weighted by atomic mass is 32.2. The molecule has 1 aliphatic heterocycles. The Hall–Kier alpha value is -3.70. The van der Waals surface area contributed by atoms with Crippen molar-refractivity contribution in [3.8, 4) is 5.75 Å². The standard InChI is InChI=1S/C26H24F2N4O3S2/c1-31(2)18-7-5-17(6-8-18)14-22-24(34)32(19-9-11-20(12-10-19)35-25(27)28)26(30-22)37-16-23(33)29-15-21-4-3-13-36-21/h3-14,25H,15-16H2,1-2H3,(H,29,33). The Morgan fingerprint density at radius 3 is 2.51 bits per heavy atom. The lowest BCUT2D eigenvalue weighted by atomic mass is 10.1. The number of ether oxygens (including phenoxy) is 1. The molecule has 1 N–H and O–H groups in total. The predicted octanol–water partition coefficient (Wildman–Crippen LogP) is 5.21. The van der Waals surface area contributed by atoms with E-state index in [1.165, 1.54) is 29.2 Å². The second-order valence-corrected chi connectivity index (χ2v) is 10.0. The molecule has 2 aromatic carbocycles. The number of carbonyl (C=O) groups excluding carboxylic acids is 2. The van der Waals surface area contributed by atoms with Gasteiger partial charge in [0.1, 0.15) is 11.4 Å². The van der Waals surface area contributed by atoms with Crippen molar-refractivity contribution in [1.29, 1.82) is 0 Å². The number of rotatable bonds is 9. The van der Waals surface area contributed by atoms with Crippen LogP contribution in [0.1, 0.15) is 10.4 Å². The Balaban J connectivity index is 1.54. The lowest BCUT2D eigenvalue weighted by molar-refractivity contribution is -0.118. The van der Waals surface area contributed by atoms with E-state index in [2.05, 4.69) is 15.0 Å². The summed E-state index contributed by atoms with van der Waals surface area (Å²) in [6.45, 7) is -2.53. The van der Waals surface area contributed by atoms with Gasteiger partial charge in [0.05, 0.1) is 18.0 Å². The van der Waals surface area contributed by atoms with Gasteiger partial charge in [-0.05, 0) is 59.5 Å². The number of halogens is 2. The number of amidine groups is 1. The fourth-order valence-corrected chi connectivity index (χ4v) is 4.89. The Morgan fingerprint density at radius 2 is 1.89 bits per heavy atom. The Kier molecular flexibility index (Phi) is 8.57.